The van der Waals surface area contributed by atoms with Crippen molar-refractivity contribution >= 4 is 11.8 Å². The second-order valence-electron chi connectivity index (χ2n) is 7.61. The fourth-order valence-corrected chi connectivity index (χ4v) is 3.20. The van der Waals surface area contributed by atoms with Gasteiger partial charge in [-0.15, -0.1) is 0 Å². The van der Waals surface area contributed by atoms with Crippen LogP contribution < -0.4 is 5.32 Å². The summed E-state index contributed by atoms with van der Waals surface area (Å²) >= 11 is 0. The van der Waals surface area contributed by atoms with Crippen molar-refractivity contribution in [2.45, 2.75) is 78.7 Å². The van der Waals surface area contributed by atoms with Crippen molar-refractivity contribution in [2.24, 2.45) is 11.8 Å². The summed E-state index contributed by atoms with van der Waals surface area (Å²) in [7, 11) is 0. The zero-order chi connectivity index (χ0) is 16.8. The van der Waals surface area contributed by atoms with E-state index in [2.05, 4.69) is 19.2 Å². The van der Waals surface area contributed by atoms with Crippen molar-refractivity contribution in [1.82, 2.24) is 10.2 Å². The van der Waals surface area contributed by atoms with Gasteiger partial charge in [0.2, 0.25) is 11.8 Å². The van der Waals surface area contributed by atoms with E-state index in [1.54, 1.807) is 0 Å². The lowest BCUT2D eigenvalue weighted by atomic mass is 9.80. The van der Waals surface area contributed by atoms with Gasteiger partial charge in [0.1, 0.15) is 0 Å². The second-order valence-corrected chi connectivity index (χ2v) is 7.61. The minimum absolute atomic E-state index is 0.0778. The smallest absolute Gasteiger partial charge is 0.225 e. The molecule has 128 valence electrons. The third-order valence-electron chi connectivity index (χ3n) is 4.24. The molecule has 2 amide bonds. The molecule has 0 saturated heterocycles. The summed E-state index contributed by atoms with van der Waals surface area (Å²) < 4.78 is 0. The van der Waals surface area contributed by atoms with Crippen LogP contribution in [-0.2, 0) is 9.59 Å². The Morgan fingerprint density at radius 2 is 1.41 bits per heavy atom. The van der Waals surface area contributed by atoms with Crippen LogP contribution in [0, 0.1) is 11.8 Å². The maximum Gasteiger partial charge on any atom is 0.225 e. The number of rotatable bonds is 6. The Balaban J connectivity index is 2.50. The lowest BCUT2D eigenvalue weighted by Gasteiger charge is -2.33. The molecule has 4 heteroatoms. The molecule has 1 rings (SSSR count). The number of carbonyl (C=O) groups excluding carboxylic acids is 2. The highest BCUT2D eigenvalue weighted by Crippen LogP contribution is 2.30. The van der Waals surface area contributed by atoms with Gasteiger partial charge in [0.05, 0.1) is 0 Å². The third kappa shape index (κ3) is 5.98. The van der Waals surface area contributed by atoms with Crippen LogP contribution in [0.25, 0.3) is 0 Å². The fourth-order valence-electron chi connectivity index (χ4n) is 3.20. The van der Waals surface area contributed by atoms with Gasteiger partial charge in [-0.05, 0) is 59.3 Å². The van der Waals surface area contributed by atoms with Gasteiger partial charge in [-0.1, -0.05) is 13.8 Å². The first kappa shape index (κ1) is 19.0. The topological polar surface area (TPSA) is 49.4 Å². The molecule has 0 radical (unpaired) electrons. The first-order chi connectivity index (χ1) is 10.3. The van der Waals surface area contributed by atoms with Crippen LogP contribution in [-0.4, -0.2) is 35.3 Å². The largest absolute Gasteiger partial charge is 0.351 e. The number of nitrogens with one attached hydrogen (secondary N) is 1. The van der Waals surface area contributed by atoms with Crippen molar-refractivity contribution in [3.05, 3.63) is 0 Å². The van der Waals surface area contributed by atoms with Crippen LogP contribution in [0.1, 0.15) is 73.1 Å². The van der Waals surface area contributed by atoms with Crippen molar-refractivity contribution in [2.75, 3.05) is 13.1 Å². The quantitative estimate of drug-likeness (QED) is 0.818. The molecule has 0 aromatic rings. The van der Waals surface area contributed by atoms with E-state index in [1.807, 2.05) is 25.7 Å². The summed E-state index contributed by atoms with van der Waals surface area (Å²) in [6.07, 6.45) is 5.40. The summed E-state index contributed by atoms with van der Waals surface area (Å²) in [6, 6.07) is 0. The number of amides is 2. The molecular formula is C18H34N2O2. The summed E-state index contributed by atoms with van der Waals surface area (Å²) in [4.78, 5) is 26.8. The predicted molar refractivity (Wildman–Crippen MR) is 90.5 cm³/mol. The minimum atomic E-state index is -0.178. The van der Waals surface area contributed by atoms with Gasteiger partial charge >= 0.3 is 0 Å². The summed E-state index contributed by atoms with van der Waals surface area (Å²) in [5.41, 5.74) is -0.178. The molecule has 0 aromatic carbocycles. The molecule has 22 heavy (non-hydrogen) atoms. The third-order valence-corrected chi connectivity index (χ3v) is 4.24. The SMILES string of the molecule is CCCN(CCC)C(=O)C1CCC(C(=O)NC(C)(C)C)CC1. The standard InChI is InChI=1S/C18H34N2O2/c1-6-12-20(13-7-2)17(22)15-10-8-14(9-11-15)16(21)19-18(3,4)5/h14-15H,6-13H2,1-5H3,(H,19,21). The van der Waals surface area contributed by atoms with Crippen molar-refractivity contribution in [3.8, 4) is 0 Å². The van der Waals surface area contributed by atoms with Gasteiger partial charge in [-0.25, -0.2) is 0 Å². The first-order valence-corrected chi connectivity index (χ1v) is 8.89. The second kappa shape index (κ2) is 8.54. The molecule has 1 saturated carbocycles. The fraction of sp³-hybridized carbons (Fsp3) is 0.889. The number of nitrogens with zero attached hydrogens (tertiary/aromatic N) is 1. The molecule has 0 heterocycles. The van der Waals surface area contributed by atoms with Crippen LogP contribution in [0.3, 0.4) is 0 Å². The van der Waals surface area contributed by atoms with E-state index in [9.17, 15) is 9.59 Å². The Morgan fingerprint density at radius 1 is 0.955 bits per heavy atom. The minimum Gasteiger partial charge on any atom is -0.351 e. The monoisotopic (exact) mass is 310 g/mol. The Kier molecular flexibility index (Phi) is 7.37. The van der Waals surface area contributed by atoms with Crippen LogP contribution in [0.4, 0.5) is 0 Å². The van der Waals surface area contributed by atoms with E-state index in [0.717, 1.165) is 51.6 Å². The van der Waals surface area contributed by atoms with Gasteiger partial charge < -0.3 is 10.2 Å². The molecule has 1 aliphatic carbocycles. The van der Waals surface area contributed by atoms with Crippen LogP contribution in [0.5, 0.6) is 0 Å². The molecule has 0 aromatic heterocycles. The van der Waals surface area contributed by atoms with Crippen LogP contribution >= 0.6 is 0 Å². The lowest BCUT2D eigenvalue weighted by molar-refractivity contribution is -0.138. The number of carbonyl (C=O) groups is 2. The van der Waals surface area contributed by atoms with Crippen LogP contribution in [0.2, 0.25) is 0 Å². The van der Waals surface area contributed by atoms with E-state index in [1.165, 1.54) is 0 Å². The zero-order valence-corrected chi connectivity index (χ0v) is 15.1. The zero-order valence-electron chi connectivity index (χ0n) is 15.1. The van der Waals surface area contributed by atoms with Gasteiger partial charge in [0.25, 0.3) is 0 Å². The molecule has 1 fully saturated rings. The Bertz CT molecular complexity index is 360. The predicted octanol–water partition coefficient (Wildman–Crippen LogP) is 3.36. The van der Waals surface area contributed by atoms with Crippen molar-refractivity contribution in [3.63, 3.8) is 0 Å². The van der Waals surface area contributed by atoms with Crippen LogP contribution in [0.15, 0.2) is 0 Å². The molecule has 0 unspecified atom stereocenters. The summed E-state index contributed by atoms with van der Waals surface area (Å²) in [6.45, 7) is 12.0. The Labute approximate surface area is 136 Å². The van der Waals surface area contributed by atoms with Crippen molar-refractivity contribution < 1.29 is 9.59 Å². The Morgan fingerprint density at radius 3 is 1.82 bits per heavy atom. The molecule has 0 bridgehead atoms. The number of hydrogen-bond acceptors (Lipinski definition) is 2. The highest BCUT2D eigenvalue weighted by molar-refractivity contribution is 5.81. The molecule has 0 spiro atoms. The molecule has 0 atom stereocenters. The average molecular weight is 310 g/mol. The van der Waals surface area contributed by atoms with E-state index in [-0.39, 0.29) is 23.3 Å². The van der Waals surface area contributed by atoms with Gasteiger partial charge in [0.15, 0.2) is 0 Å². The Hall–Kier alpha value is -1.06. The molecule has 1 N–H and O–H groups in total. The summed E-state index contributed by atoms with van der Waals surface area (Å²) in [5, 5.41) is 3.06. The molecule has 1 aliphatic rings. The van der Waals surface area contributed by atoms with E-state index < -0.39 is 0 Å². The normalized spacial score (nSPS) is 22.2. The molecular weight excluding hydrogens is 276 g/mol. The first-order valence-electron chi connectivity index (χ1n) is 8.89. The highest BCUT2D eigenvalue weighted by Gasteiger charge is 2.32. The molecule has 0 aliphatic heterocycles. The maximum absolute atomic E-state index is 12.6. The van der Waals surface area contributed by atoms with E-state index in [4.69, 9.17) is 0 Å². The van der Waals surface area contributed by atoms with Gasteiger partial charge in [-0.2, -0.15) is 0 Å². The average Bonchev–Trinajstić information content (AvgIpc) is 2.44. The van der Waals surface area contributed by atoms with E-state index in [0.29, 0.717) is 5.91 Å². The van der Waals surface area contributed by atoms with Gasteiger partial charge in [0, 0.05) is 30.5 Å². The van der Waals surface area contributed by atoms with Crippen molar-refractivity contribution in [1.29, 1.82) is 0 Å². The molecule has 4 nitrogen and oxygen atoms in total. The highest BCUT2D eigenvalue weighted by atomic mass is 16.2. The maximum atomic E-state index is 12.6. The summed E-state index contributed by atoms with van der Waals surface area (Å²) in [5.74, 6) is 0.654. The van der Waals surface area contributed by atoms with E-state index >= 15 is 0 Å². The number of hydrogen-bond donors (Lipinski definition) is 1. The lowest BCUT2D eigenvalue weighted by Crippen LogP contribution is -2.45. The van der Waals surface area contributed by atoms with Gasteiger partial charge in [-0.3, -0.25) is 9.59 Å².